The second-order valence-electron chi connectivity index (χ2n) is 7.71. The zero-order chi connectivity index (χ0) is 21.3. The highest BCUT2D eigenvalue weighted by atomic mass is 19.1. The van der Waals surface area contributed by atoms with Crippen LogP contribution in [-0.4, -0.2) is 33.4 Å². The molecule has 2 aromatic heterocycles. The van der Waals surface area contributed by atoms with Crippen molar-refractivity contribution in [2.75, 3.05) is 11.9 Å². The molecule has 0 radical (unpaired) electrons. The number of anilines is 2. The third kappa shape index (κ3) is 3.97. The van der Waals surface area contributed by atoms with Crippen molar-refractivity contribution in [3.8, 4) is 0 Å². The molecular weight excluding hydrogens is 386 g/mol. The Labute approximate surface area is 174 Å². The van der Waals surface area contributed by atoms with E-state index in [4.69, 9.17) is 0 Å². The molecule has 1 aromatic carbocycles. The summed E-state index contributed by atoms with van der Waals surface area (Å²) in [4.78, 5) is 24.2. The van der Waals surface area contributed by atoms with Crippen molar-refractivity contribution in [3.63, 3.8) is 0 Å². The minimum atomic E-state index is -0.695. The number of likely N-dealkylation sites (tertiary alicyclic amines) is 1. The largest absolute Gasteiger partial charge is 0.354 e. The van der Waals surface area contributed by atoms with Crippen LogP contribution >= 0.6 is 0 Å². The van der Waals surface area contributed by atoms with Crippen LogP contribution in [0.2, 0.25) is 0 Å². The number of halogens is 2. The van der Waals surface area contributed by atoms with Crippen LogP contribution in [0.15, 0.2) is 36.5 Å². The lowest BCUT2D eigenvalue weighted by Crippen LogP contribution is -2.43. The molecule has 3 aromatic rings. The number of piperidine rings is 1. The lowest BCUT2D eigenvalue weighted by molar-refractivity contribution is 0.0609. The van der Waals surface area contributed by atoms with Crippen LogP contribution in [0.4, 0.5) is 20.2 Å². The number of aryl methyl sites for hydroxylation is 1. The Bertz CT molecular complexity index is 1080. The zero-order valence-corrected chi connectivity index (χ0v) is 17.1. The third-order valence-corrected chi connectivity index (χ3v) is 5.59. The molecule has 0 spiro atoms. The van der Waals surface area contributed by atoms with Gasteiger partial charge in [0.25, 0.3) is 5.91 Å². The second-order valence-corrected chi connectivity index (χ2v) is 7.71. The maximum atomic E-state index is 13.8. The van der Waals surface area contributed by atoms with Gasteiger partial charge in [0.1, 0.15) is 11.6 Å². The quantitative estimate of drug-likeness (QED) is 0.629. The van der Waals surface area contributed by atoms with Crippen LogP contribution < -0.4 is 5.32 Å². The number of rotatable bonds is 4. The Balaban J connectivity index is 1.83. The molecule has 3 heterocycles. The van der Waals surface area contributed by atoms with Gasteiger partial charge in [0.2, 0.25) is 0 Å². The molecule has 0 bridgehead atoms. The highest BCUT2D eigenvalue weighted by molar-refractivity contribution is 6.07. The van der Waals surface area contributed by atoms with Gasteiger partial charge in [-0.25, -0.2) is 18.7 Å². The molecule has 5 nitrogen and oxygen atoms in total. The van der Waals surface area contributed by atoms with Gasteiger partial charge in [-0.05, 0) is 56.9 Å². The van der Waals surface area contributed by atoms with Gasteiger partial charge in [-0.2, -0.15) is 0 Å². The molecule has 0 aliphatic carbocycles. The van der Waals surface area contributed by atoms with E-state index in [9.17, 15) is 13.6 Å². The fourth-order valence-corrected chi connectivity index (χ4v) is 4.09. The van der Waals surface area contributed by atoms with E-state index in [0.29, 0.717) is 28.8 Å². The Kier molecular flexibility index (Phi) is 5.61. The van der Waals surface area contributed by atoms with Gasteiger partial charge in [0, 0.05) is 41.6 Å². The number of nitrogens with one attached hydrogen (secondary N) is 1. The topological polar surface area (TPSA) is 58.1 Å². The minimum absolute atomic E-state index is 0.129. The number of hydrogen-bond donors (Lipinski definition) is 1. The monoisotopic (exact) mass is 410 g/mol. The number of benzene rings is 1. The summed E-state index contributed by atoms with van der Waals surface area (Å²) in [6.07, 6.45) is 5.43. The van der Waals surface area contributed by atoms with E-state index in [-0.39, 0.29) is 17.6 Å². The summed E-state index contributed by atoms with van der Waals surface area (Å²) in [7, 11) is 0. The number of amides is 1. The van der Waals surface area contributed by atoms with Gasteiger partial charge >= 0.3 is 0 Å². The fourth-order valence-electron chi connectivity index (χ4n) is 4.09. The first-order valence-corrected chi connectivity index (χ1v) is 10.3. The lowest BCUT2D eigenvalue weighted by Gasteiger charge is -2.35. The molecule has 1 saturated heterocycles. The van der Waals surface area contributed by atoms with E-state index < -0.39 is 11.6 Å². The summed E-state index contributed by atoms with van der Waals surface area (Å²) in [6, 6.07) is 7.03. The van der Waals surface area contributed by atoms with Crippen LogP contribution in [0.25, 0.3) is 11.0 Å². The number of nitrogens with zero attached hydrogens (tertiary/aromatic N) is 3. The van der Waals surface area contributed by atoms with Crippen LogP contribution in [0.3, 0.4) is 0 Å². The van der Waals surface area contributed by atoms with E-state index >= 15 is 0 Å². The Morgan fingerprint density at radius 2 is 1.97 bits per heavy atom. The highest BCUT2D eigenvalue weighted by Gasteiger charge is 2.29. The molecule has 1 N–H and O–H groups in total. The van der Waals surface area contributed by atoms with Crippen molar-refractivity contribution in [1.29, 1.82) is 0 Å². The van der Waals surface area contributed by atoms with E-state index in [2.05, 4.69) is 22.2 Å². The molecule has 4 rings (SSSR count). The first kappa shape index (κ1) is 20.2. The average molecular weight is 410 g/mol. The van der Waals surface area contributed by atoms with Crippen molar-refractivity contribution in [2.45, 2.75) is 45.6 Å². The smallest absolute Gasteiger partial charge is 0.257 e. The van der Waals surface area contributed by atoms with E-state index in [1.165, 1.54) is 18.3 Å². The lowest BCUT2D eigenvalue weighted by atomic mass is 9.98. The maximum Gasteiger partial charge on any atom is 0.257 e. The molecule has 30 heavy (non-hydrogen) atoms. The SMILES string of the molecule is CC[C@@H]1CCCCN1C(=O)c1cnc2nc(C)ccc2c1Nc1cc(F)cc(F)c1. The summed E-state index contributed by atoms with van der Waals surface area (Å²) in [5.74, 6) is -1.52. The number of hydrogen-bond acceptors (Lipinski definition) is 4. The molecular formula is C23H24F2N4O. The van der Waals surface area contributed by atoms with Gasteiger partial charge in [0.05, 0.1) is 11.3 Å². The Morgan fingerprint density at radius 3 is 2.70 bits per heavy atom. The standard InChI is InChI=1S/C23H24F2N4O/c1-3-18-6-4-5-9-29(18)23(30)20-13-26-22-19(8-7-14(2)27-22)21(20)28-17-11-15(24)10-16(25)12-17/h7-8,10-13,18H,3-6,9H2,1-2H3,(H,26,27,28)/t18-/m1/s1. The van der Waals surface area contributed by atoms with Crippen molar-refractivity contribution in [3.05, 3.63) is 59.4 Å². The van der Waals surface area contributed by atoms with Gasteiger partial charge in [-0.15, -0.1) is 0 Å². The summed E-state index contributed by atoms with van der Waals surface area (Å²) >= 11 is 0. The van der Waals surface area contributed by atoms with Crippen LogP contribution in [0.5, 0.6) is 0 Å². The zero-order valence-electron chi connectivity index (χ0n) is 17.1. The molecule has 1 atom stereocenters. The van der Waals surface area contributed by atoms with E-state index in [0.717, 1.165) is 37.4 Å². The van der Waals surface area contributed by atoms with E-state index in [1.54, 1.807) is 0 Å². The molecule has 7 heteroatoms. The third-order valence-electron chi connectivity index (χ3n) is 5.59. The van der Waals surface area contributed by atoms with Crippen molar-refractivity contribution in [2.24, 2.45) is 0 Å². The Hall–Kier alpha value is -3.09. The van der Waals surface area contributed by atoms with Crippen LogP contribution in [0, 0.1) is 18.6 Å². The van der Waals surface area contributed by atoms with Crippen LogP contribution in [-0.2, 0) is 0 Å². The average Bonchev–Trinajstić information content (AvgIpc) is 2.72. The first-order chi connectivity index (χ1) is 14.5. The molecule has 0 unspecified atom stereocenters. The summed E-state index contributed by atoms with van der Waals surface area (Å²) in [6.45, 7) is 4.63. The van der Waals surface area contributed by atoms with Gasteiger partial charge in [0.15, 0.2) is 5.65 Å². The van der Waals surface area contributed by atoms with Crippen molar-refractivity contribution >= 4 is 28.3 Å². The molecule has 1 fully saturated rings. The second kappa shape index (κ2) is 8.34. The fraction of sp³-hybridized carbons (Fsp3) is 0.348. The number of fused-ring (bicyclic) bond motifs is 1. The highest BCUT2D eigenvalue weighted by Crippen LogP contribution is 2.32. The molecule has 0 saturated carbocycles. The Morgan fingerprint density at radius 1 is 1.20 bits per heavy atom. The van der Waals surface area contributed by atoms with Gasteiger partial charge < -0.3 is 10.2 Å². The summed E-state index contributed by atoms with van der Waals surface area (Å²) < 4.78 is 27.5. The number of aromatic nitrogens is 2. The minimum Gasteiger partial charge on any atom is -0.354 e. The number of carbonyl (C=O) groups is 1. The normalized spacial score (nSPS) is 16.7. The van der Waals surface area contributed by atoms with Crippen molar-refractivity contribution in [1.82, 2.24) is 14.9 Å². The predicted molar refractivity (Wildman–Crippen MR) is 113 cm³/mol. The molecule has 1 aliphatic heterocycles. The van der Waals surface area contributed by atoms with Gasteiger partial charge in [-0.1, -0.05) is 6.92 Å². The number of pyridine rings is 2. The van der Waals surface area contributed by atoms with Crippen molar-refractivity contribution < 1.29 is 13.6 Å². The molecule has 1 aliphatic rings. The maximum absolute atomic E-state index is 13.8. The number of carbonyl (C=O) groups excluding carboxylic acids is 1. The first-order valence-electron chi connectivity index (χ1n) is 10.3. The van der Waals surface area contributed by atoms with Crippen LogP contribution in [0.1, 0.15) is 48.7 Å². The predicted octanol–water partition coefficient (Wildman–Crippen LogP) is 5.36. The van der Waals surface area contributed by atoms with E-state index in [1.807, 2.05) is 24.0 Å². The summed E-state index contributed by atoms with van der Waals surface area (Å²) in [5.41, 5.74) is 2.32. The van der Waals surface area contributed by atoms with Gasteiger partial charge in [-0.3, -0.25) is 4.79 Å². The molecule has 1 amide bonds. The summed E-state index contributed by atoms with van der Waals surface area (Å²) in [5, 5.41) is 3.69. The molecule has 156 valence electrons.